The fourth-order valence-corrected chi connectivity index (χ4v) is 6.04. The Bertz CT molecular complexity index is 1260. The predicted molar refractivity (Wildman–Crippen MR) is 129 cm³/mol. The SMILES string of the molecule is O=C(CSCc1nc2sc3c(c2c(=O)[nH]1)CCC3)OC(c1ccccc1)c1ccccc1. The number of ether oxygens (including phenoxy) is 1. The van der Waals surface area contributed by atoms with Crippen molar-refractivity contribution in [2.24, 2.45) is 0 Å². The Morgan fingerprint density at radius 2 is 1.75 bits per heavy atom. The average molecular weight is 463 g/mol. The van der Waals surface area contributed by atoms with Crippen LogP contribution in [0.1, 0.15) is 39.9 Å². The minimum Gasteiger partial charge on any atom is -0.452 e. The second-order valence-corrected chi connectivity index (χ2v) is 9.80. The molecule has 0 aliphatic heterocycles. The summed E-state index contributed by atoms with van der Waals surface area (Å²) < 4.78 is 5.85. The first-order valence-corrected chi connectivity index (χ1v) is 12.6. The quantitative estimate of drug-likeness (QED) is 0.390. The van der Waals surface area contributed by atoms with Gasteiger partial charge in [0.1, 0.15) is 10.7 Å². The Kier molecular flexibility index (Phi) is 6.10. The third kappa shape index (κ3) is 4.36. The Balaban J connectivity index is 1.25. The maximum atomic E-state index is 12.6. The van der Waals surface area contributed by atoms with E-state index in [9.17, 15) is 9.59 Å². The Morgan fingerprint density at radius 3 is 2.44 bits per heavy atom. The molecule has 162 valence electrons. The van der Waals surface area contributed by atoms with Crippen LogP contribution in [-0.4, -0.2) is 21.7 Å². The van der Waals surface area contributed by atoms with Gasteiger partial charge in [0.05, 0.1) is 16.9 Å². The van der Waals surface area contributed by atoms with Gasteiger partial charge in [-0.3, -0.25) is 9.59 Å². The highest BCUT2D eigenvalue weighted by atomic mass is 32.2. The number of nitrogens with one attached hydrogen (secondary N) is 1. The van der Waals surface area contributed by atoms with Gasteiger partial charge in [0.2, 0.25) is 0 Å². The van der Waals surface area contributed by atoms with Crippen LogP contribution in [0.5, 0.6) is 0 Å². The van der Waals surface area contributed by atoms with Crippen molar-refractivity contribution >= 4 is 39.3 Å². The van der Waals surface area contributed by atoms with E-state index in [1.54, 1.807) is 11.3 Å². The summed E-state index contributed by atoms with van der Waals surface area (Å²) in [6.45, 7) is 0. The summed E-state index contributed by atoms with van der Waals surface area (Å²) in [7, 11) is 0. The number of H-pyrrole nitrogens is 1. The molecule has 1 aliphatic rings. The fraction of sp³-hybridized carbons (Fsp3) is 0.240. The first-order valence-electron chi connectivity index (χ1n) is 10.6. The molecule has 0 fully saturated rings. The zero-order chi connectivity index (χ0) is 21.9. The van der Waals surface area contributed by atoms with Crippen LogP contribution in [0, 0.1) is 0 Å². The van der Waals surface area contributed by atoms with Gasteiger partial charge < -0.3 is 9.72 Å². The summed E-state index contributed by atoms with van der Waals surface area (Å²) in [6, 6.07) is 19.5. The van der Waals surface area contributed by atoms with Crippen molar-refractivity contribution in [2.45, 2.75) is 31.1 Å². The molecule has 0 radical (unpaired) electrons. The molecular weight excluding hydrogens is 440 g/mol. The number of hydrogen-bond donors (Lipinski definition) is 1. The smallest absolute Gasteiger partial charge is 0.316 e. The van der Waals surface area contributed by atoms with Crippen LogP contribution < -0.4 is 5.56 Å². The molecule has 32 heavy (non-hydrogen) atoms. The van der Waals surface area contributed by atoms with E-state index in [-0.39, 0.29) is 17.3 Å². The topological polar surface area (TPSA) is 72.0 Å². The molecule has 0 saturated carbocycles. The highest BCUT2D eigenvalue weighted by molar-refractivity contribution is 7.99. The number of fused-ring (bicyclic) bond motifs is 3. The van der Waals surface area contributed by atoms with E-state index in [1.165, 1.54) is 22.2 Å². The van der Waals surface area contributed by atoms with E-state index < -0.39 is 6.10 Å². The molecule has 7 heteroatoms. The number of aromatic nitrogens is 2. The number of thioether (sulfide) groups is 1. The maximum absolute atomic E-state index is 12.6. The van der Waals surface area contributed by atoms with Gasteiger partial charge in [-0.25, -0.2) is 4.98 Å². The van der Waals surface area contributed by atoms with Crippen LogP contribution in [-0.2, 0) is 28.1 Å². The second kappa shape index (κ2) is 9.30. The third-order valence-corrected chi connectivity index (χ3v) is 7.64. The number of carbonyl (C=O) groups is 1. The Morgan fingerprint density at radius 1 is 1.06 bits per heavy atom. The minimum atomic E-state index is -0.451. The summed E-state index contributed by atoms with van der Waals surface area (Å²) in [4.78, 5) is 34.9. The highest BCUT2D eigenvalue weighted by Gasteiger charge is 2.22. The van der Waals surface area contributed by atoms with Gasteiger partial charge in [-0.15, -0.1) is 23.1 Å². The minimum absolute atomic E-state index is 0.0687. The molecule has 1 N–H and O–H groups in total. The van der Waals surface area contributed by atoms with Gasteiger partial charge in [0.15, 0.2) is 6.10 Å². The van der Waals surface area contributed by atoms with Gasteiger partial charge >= 0.3 is 5.97 Å². The molecule has 0 unspecified atom stereocenters. The van der Waals surface area contributed by atoms with Crippen molar-refractivity contribution in [3.8, 4) is 0 Å². The van der Waals surface area contributed by atoms with E-state index in [2.05, 4.69) is 9.97 Å². The lowest BCUT2D eigenvalue weighted by Crippen LogP contribution is -2.15. The van der Waals surface area contributed by atoms with Crippen LogP contribution in [0.25, 0.3) is 10.2 Å². The summed E-state index contributed by atoms with van der Waals surface area (Å²) in [5, 5.41) is 0.754. The molecule has 0 atom stereocenters. The molecule has 5 rings (SSSR count). The molecule has 2 aromatic carbocycles. The first kappa shape index (κ1) is 21.0. The highest BCUT2D eigenvalue weighted by Crippen LogP contribution is 2.34. The third-order valence-electron chi connectivity index (χ3n) is 5.54. The number of aromatic amines is 1. The first-order chi connectivity index (χ1) is 15.7. The van der Waals surface area contributed by atoms with Gasteiger partial charge in [-0.05, 0) is 36.0 Å². The molecule has 0 spiro atoms. The second-order valence-electron chi connectivity index (χ2n) is 7.73. The van der Waals surface area contributed by atoms with Gasteiger partial charge in [-0.1, -0.05) is 60.7 Å². The van der Waals surface area contributed by atoms with Crippen molar-refractivity contribution < 1.29 is 9.53 Å². The van der Waals surface area contributed by atoms with Crippen LogP contribution >= 0.6 is 23.1 Å². The zero-order valence-electron chi connectivity index (χ0n) is 17.4. The molecular formula is C25H22N2O3S2. The average Bonchev–Trinajstić information content (AvgIpc) is 3.40. The van der Waals surface area contributed by atoms with Crippen molar-refractivity contribution in [3.63, 3.8) is 0 Å². The number of esters is 1. The summed E-state index contributed by atoms with van der Waals surface area (Å²) in [5.74, 6) is 0.928. The predicted octanol–water partition coefficient (Wildman–Crippen LogP) is 5.04. The largest absolute Gasteiger partial charge is 0.452 e. The normalized spacial score (nSPS) is 12.9. The molecule has 2 aromatic heterocycles. The lowest BCUT2D eigenvalue weighted by Gasteiger charge is -2.18. The van der Waals surface area contributed by atoms with Gasteiger partial charge in [-0.2, -0.15) is 0 Å². The number of thiophene rings is 1. The summed E-state index contributed by atoms with van der Waals surface area (Å²) in [6.07, 6.45) is 2.66. The lowest BCUT2D eigenvalue weighted by molar-refractivity contribution is -0.144. The van der Waals surface area contributed by atoms with Gasteiger partial charge in [0.25, 0.3) is 5.56 Å². The molecule has 0 saturated heterocycles. The maximum Gasteiger partial charge on any atom is 0.316 e. The van der Waals surface area contributed by atoms with Gasteiger partial charge in [0, 0.05) is 4.88 Å². The number of rotatable bonds is 7. The number of benzene rings is 2. The summed E-state index contributed by atoms with van der Waals surface area (Å²) in [5.41, 5.74) is 2.97. The van der Waals surface area contributed by atoms with Crippen molar-refractivity contribution in [1.82, 2.24) is 9.97 Å². The number of nitrogens with zero attached hydrogens (tertiary/aromatic N) is 1. The van der Waals surface area contributed by atoms with E-state index in [0.29, 0.717) is 11.6 Å². The molecule has 1 aliphatic carbocycles. The molecule has 4 aromatic rings. The summed E-state index contributed by atoms with van der Waals surface area (Å²) >= 11 is 3.02. The van der Waals surface area contributed by atoms with Crippen LogP contribution in [0.15, 0.2) is 65.5 Å². The Labute approximate surface area is 193 Å². The Hall–Kier alpha value is -2.90. The number of aryl methyl sites for hydroxylation is 2. The lowest BCUT2D eigenvalue weighted by atomic mass is 10.0. The number of hydrogen-bond acceptors (Lipinski definition) is 6. The van der Waals surface area contributed by atoms with Crippen LogP contribution in [0.2, 0.25) is 0 Å². The fourth-order valence-electron chi connectivity index (χ4n) is 4.10. The standard InChI is InChI=1S/C25H22N2O3S2/c28-21(30-23(16-8-3-1-4-9-16)17-10-5-2-6-11-17)15-31-14-20-26-24(29)22-18-12-7-13-19(18)32-25(22)27-20/h1-6,8-11,23H,7,12-15H2,(H,26,27,29). The zero-order valence-corrected chi connectivity index (χ0v) is 19.0. The van der Waals surface area contributed by atoms with E-state index in [0.717, 1.165) is 40.6 Å². The monoisotopic (exact) mass is 462 g/mol. The molecule has 0 bridgehead atoms. The van der Waals surface area contributed by atoms with Crippen molar-refractivity contribution in [1.29, 1.82) is 0 Å². The van der Waals surface area contributed by atoms with E-state index in [4.69, 9.17) is 4.74 Å². The van der Waals surface area contributed by atoms with Crippen molar-refractivity contribution in [2.75, 3.05) is 5.75 Å². The van der Waals surface area contributed by atoms with Crippen LogP contribution in [0.4, 0.5) is 0 Å². The number of carbonyl (C=O) groups excluding carboxylic acids is 1. The van der Waals surface area contributed by atoms with E-state index in [1.807, 2.05) is 60.7 Å². The molecule has 5 nitrogen and oxygen atoms in total. The van der Waals surface area contributed by atoms with Crippen LogP contribution in [0.3, 0.4) is 0 Å². The molecule has 2 heterocycles. The van der Waals surface area contributed by atoms with E-state index >= 15 is 0 Å². The molecule has 0 amide bonds. The van der Waals surface area contributed by atoms with Crippen molar-refractivity contribution in [3.05, 3.63) is 98.4 Å².